The first-order chi connectivity index (χ1) is 19.3. The zero-order valence-electron chi connectivity index (χ0n) is 21.3. The first-order valence-corrected chi connectivity index (χ1v) is 12.3. The SMILES string of the molecule is COc1ncc(-c2ccc3nc(NC(=O)CC#N)cn3n2)cc1C(=O)NCc1cc(F)cc(F)c1OCC1CC1. The molecule has 13 heteroatoms. The second-order valence-electron chi connectivity index (χ2n) is 9.12. The van der Waals surface area contributed by atoms with Gasteiger partial charge in [0, 0.05) is 29.9 Å². The van der Waals surface area contributed by atoms with E-state index in [1.54, 1.807) is 18.2 Å². The molecule has 0 atom stereocenters. The summed E-state index contributed by atoms with van der Waals surface area (Å²) in [5, 5.41) is 18.3. The van der Waals surface area contributed by atoms with Crippen molar-refractivity contribution in [2.75, 3.05) is 19.0 Å². The smallest absolute Gasteiger partial charge is 0.257 e. The molecule has 0 bridgehead atoms. The van der Waals surface area contributed by atoms with Crippen LogP contribution >= 0.6 is 0 Å². The van der Waals surface area contributed by atoms with E-state index in [1.165, 1.54) is 30.1 Å². The average molecular weight is 548 g/mol. The van der Waals surface area contributed by atoms with E-state index >= 15 is 0 Å². The molecule has 1 fully saturated rings. The van der Waals surface area contributed by atoms with Crippen LogP contribution in [0.4, 0.5) is 14.6 Å². The lowest BCUT2D eigenvalue weighted by Gasteiger charge is -2.14. The van der Waals surface area contributed by atoms with Crippen molar-refractivity contribution in [2.24, 2.45) is 5.92 Å². The molecular weight excluding hydrogens is 524 g/mol. The molecule has 40 heavy (non-hydrogen) atoms. The fraction of sp³-hybridized carbons (Fsp3) is 0.259. The zero-order chi connectivity index (χ0) is 28.2. The molecule has 11 nitrogen and oxygen atoms in total. The van der Waals surface area contributed by atoms with E-state index in [0.717, 1.165) is 25.0 Å². The summed E-state index contributed by atoms with van der Waals surface area (Å²) in [5.74, 6) is -2.16. The maximum absolute atomic E-state index is 14.4. The summed E-state index contributed by atoms with van der Waals surface area (Å²) < 4.78 is 40.7. The quantitative estimate of drug-likeness (QED) is 0.306. The number of pyridine rings is 1. The fourth-order valence-electron chi connectivity index (χ4n) is 3.94. The first-order valence-electron chi connectivity index (χ1n) is 12.3. The van der Waals surface area contributed by atoms with Gasteiger partial charge in [0.15, 0.2) is 23.0 Å². The van der Waals surface area contributed by atoms with Gasteiger partial charge in [-0.25, -0.2) is 23.3 Å². The Balaban J connectivity index is 1.36. The first kappa shape index (κ1) is 26.5. The Morgan fingerprint density at radius 1 is 1.23 bits per heavy atom. The van der Waals surface area contributed by atoms with E-state index in [1.807, 2.05) is 0 Å². The van der Waals surface area contributed by atoms with Crippen molar-refractivity contribution in [3.05, 3.63) is 65.5 Å². The molecule has 0 spiro atoms. The minimum atomic E-state index is -0.833. The predicted octanol–water partition coefficient (Wildman–Crippen LogP) is 3.65. The number of hydrogen-bond acceptors (Lipinski definition) is 8. The van der Waals surface area contributed by atoms with E-state index in [9.17, 15) is 18.4 Å². The zero-order valence-corrected chi connectivity index (χ0v) is 21.3. The van der Waals surface area contributed by atoms with Crippen molar-refractivity contribution >= 4 is 23.3 Å². The van der Waals surface area contributed by atoms with Crippen molar-refractivity contribution in [2.45, 2.75) is 25.8 Å². The molecule has 0 aliphatic heterocycles. The van der Waals surface area contributed by atoms with E-state index in [2.05, 4.69) is 25.7 Å². The summed E-state index contributed by atoms with van der Waals surface area (Å²) >= 11 is 0. The number of benzene rings is 1. The molecule has 3 aromatic heterocycles. The van der Waals surface area contributed by atoms with Gasteiger partial charge in [-0.3, -0.25) is 9.59 Å². The molecule has 2 N–H and O–H groups in total. The van der Waals surface area contributed by atoms with Crippen molar-refractivity contribution < 1.29 is 27.8 Å². The maximum atomic E-state index is 14.4. The predicted molar refractivity (Wildman–Crippen MR) is 137 cm³/mol. The number of rotatable bonds is 10. The summed E-state index contributed by atoms with van der Waals surface area (Å²) in [6, 6.07) is 8.48. The number of fused-ring (bicyclic) bond motifs is 1. The van der Waals surface area contributed by atoms with Gasteiger partial charge >= 0.3 is 0 Å². The monoisotopic (exact) mass is 547 g/mol. The lowest BCUT2D eigenvalue weighted by Crippen LogP contribution is -2.24. The fourth-order valence-corrected chi connectivity index (χ4v) is 3.94. The Labute approximate surface area is 226 Å². The van der Waals surface area contributed by atoms with Crippen LogP contribution in [0, 0.1) is 28.9 Å². The molecule has 1 aliphatic carbocycles. The van der Waals surface area contributed by atoms with E-state index in [-0.39, 0.29) is 41.5 Å². The number of imidazole rings is 1. The minimum absolute atomic E-state index is 0.0445. The van der Waals surface area contributed by atoms with Crippen LogP contribution < -0.4 is 20.1 Å². The van der Waals surface area contributed by atoms with E-state index in [0.29, 0.717) is 29.4 Å². The van der Waals surface area contributed by atoms with Crippen LogP contribution in [0.5, 0.6) is 11.6 Å². The number of nitrogens with zero attached hydrogens (tertiary/aromatic N) is 5. The standard InChI is InChI=1S/C27H23F2N7O4/c1-39-27-19(26(38)31-12-17-8-18(28)10-20(29)25(17)40-14-15-2-3-15)9-16(11-32-27)21-4-5-23-33-22(13-36(23)35-21)34-24(37)6-7-30/h4-5,8-11,13,15H,2-3,6,12,14H2,1H3,(H,31,38)(H,34,37). The molecule has 4 aromatic rings. The maximum Gasteiger partial charge on any atom is 0.257 e. The van der Waals surface area contributed by atoms with Crippen LogP contribution in [-0.4, -0.2) is 45.1 Å². The van der Waals surface area contributed by atoms with Crippen molar-refractivity contribution in [3.63, 3.8) is 0 Å². The summed E-state index contributed by atoms with van der Waals surface area (Å²) in [6.07, 6.45) is 4.65. The normalized spacial score (nSPS) is 12.6. The van der Waals surface area contributed by atoms with Crippen molar-refractivity contribution in [1.29, 1.82) is 5.26 Å². The Hall–Kier alpha value is -5.12. The van der Waals surface area contributed by atoms with Gasteiger partial charge in [-0.15, -0.1) is 0 Å². The highest BCUT2D eigenvalue weighted by atomic mass is 19.1. The minimum Gasteiger partial charge on any atom is -0.490 e. The number of amides is 2. The third-order valence-electron chi connectivity index (χ3n) is 6.10. The number of nitrogens with one attached hydrogen (secondary N) is 2. The van der Waals surface area contributed by atoms with Gasteiger partial charge in [0.05, 0.1) is 31.7 Å². The number of methoxy groups -OCH3 is 1. The topological polar surface area (TPSA) is 144 Å². The number of hydrogen-bond donors (Lipinski definition) is 2. The summed E-state index contributed by atoms with van der Waals surface area (Å²) in [4.78, 5) is 33.3. The van der Waals surface area contributed by atoms with Crippen LogP contribution in [0.25, 0.3) is 16.9 Å². The Bertz CT molecular complexity index is 1650. The number of halogens is 2. The highest BCUT2D eigenvalue weighted by Crippen LogP contribution is 2.32. The largest absolute Gasteiger partial charge is 0.490 e. The van der Waals surface area contributed by atoms with Crippen molar-refractivity contribution in [1.82, 2.24) is 24.9 Å². The van der Waals surface area contributed by atoms with E-state index in [4.69, 9.17) is 14.7 Å². The molecule has 0 radical (unpaired) electrons. The van der Waals surface area contributed by atoms with Gasteiger partial charge < -0.3 is 20.1 Å². The lowest BCUT2D eigenvalue weighted by molar-refractivity contribution is -0.115. The third-order valence-corrected chi connectivity index (χ3v) is 6.10. The molecular formula is C27H23F2N7O4. The molecule has 0 unspecified atom stereocenters. The van der Waals surface area contributed by atoms with Gasteiger partial charge in [0.25, 0.3) is 5.91 Å². The second-order valence-corrected chi connectivity index (χ2v) is 9.12. The van der Waals surface area contributed by atoms with Crippen LogP contribution in [0.2, 0.25) is 0 Å². The van der Waals surface area contributed by atoms with E-state index < -0.39 is 23.4 Å². The molecule has 204 valence electrons. The molecule has 3 heterocycles. The Kier molecular flexibility index (Phi) is 7.50. The van der Waals surface area contributed by atoms with Crippen LogP contribution in [0.1, 0.15) is 35.2 Å². The summed E-state index contributed by atoms with van der Waals surface area (Å²) in [6.45, 7) is 0.131. The number of nitriles is 1. The molecule has 2 amide bonds. The Morgan fingerprint density at radius 3 is 2.80 bits per heavy atom. The second kappa shape index (κ2) is 11.3. The molecule has 1 saturated carbocycles. The van der Waals surface area contributed by atoms with Gasteiger partial charge in [-0.05, 0) is 43.0 Å². The highest BCUT2D eigenvalue weighted by Gasteiger charge is 2.24. The number of carbonyl (C=O) groups excluding carboxylic acids is 2. The van der Waals surface area contributed by atoms with Crippen molar-refractivity contribution in [3.8, 4) is 29.0 Å². The number of carbonyl (C=O) groups is 2. The molecule has 1 aliphatic rings. The summed E-state index contributed by atoms with van der Waals surface area (Å²) in [7, 11) is 1.36. The number of aromatic nitrogens is 4. The van der Waals surface area contributed by atoms with Gasteiger partial charge in [-0.2, -0.15) is 10.4 Å². The average Bonchev–Trinajstić information content (AvgIpc) is 3.68. The van der Waals surface area contributed by atoms with Crippen LogP contribution in [-0.2, 0) is 11.3 Å². The van der Waals surface area contributed by atoms with Gasteiger partial charge in [0.1, 0.15) is 17.8 Å². The Morgan fingerprint density at radius 2 is 2.05 bits per heavy atom. The number of ether oxygens (including phenoxy) is 2. The number of anilines is 1. The molecule has 1 aromatic carbocycles. The summed E-state index contributed by atoms with van der Waals surface area (Å²) in [5.41, 5.74) is 1.60. The molecule has 0 saturated heterocycles. The van der Waals surface area contributed by atoms with Gasteiger partial charge in [-0.1, -0.05) is 0 Å². The molecule has 5 rings (SSSR count). The van der Waals surface area contributed by atoms with Crippen LogP contribution in [0.15, 0.2) is 42.7 Å². The lowest BCUT2D eigenvalue weighted by atomic mass is 10.1. The highest BCUT2D eigenvalue weighted by molar-refractivity contribution is 5.97. The van der Waals surface area contributed by atoms with Gasteiger partial charge in [0.2, 0.25) is 11.8 Å². The van der Waals surface area contributed by atoms with Crippen LogP contribution in [0.3, 0.4) is 0 Å². The third kappa shape index (κ3) is 5.96.